The van der Waals surface area contributed by atoms with Crippen LogP contribution in [-0.4, -0.2) is 9.78 Å². The molecule has 0 saturated heterocycles. The van der Waals surface area contributed by atoms with E-state index in [4.69, 9.17) is 0 Å². The molecule has 0 spiro atoms. The third-order valence-electron chi connectivity index (χ3n) is 2.66. The Labute approximate surface area is 96.7 Å². The molecule has 1 heterocycles. The van der Waals surface area contributed by atoms with Gasteiger partial charge in [-0.25, -0.2) is 0 Å². The van der Waals surface area contributed by atoms with Gasteiger partial charge in [-0.3, -0.25) is 4.68 Å². The molecule has 0 atom stereocenters. The van der Waals surface area contributed by atoms with Crippen molar-refractivity contribution in [3.63, 3.8) is 0 Å². The zero-order valence-electron chi connectivity index (χ0n) is 9.42. The van der Waals surface area contributed by atoms with Crippen LogP contribution < -0.4 is 0 Å². The average Bonchev–Trinajstić information content (AvgIpc) is 2.63. The Morgan fingerprint density at radius 3 is 2.41 bits per heavy atom. The van der Waals surface area contributed by atoms with Crippen LogP contribution in [0.4, 0.5) is 13.2 Å². The molecule has 1 aromatic heterocycles. The molecule has 5 heteroatoms. The zero-order valence-corrected chi connectivity index (χ0v) is 9.42. The molecule has 0 radical (unpaired) electrons. The quantitative estimate of drug-likeness (QED) is 0.746. The first kappa shape index (κ1) is 11.7. The largest absolute Gasteiger partial charge is 0.416 e. The molecule has 0 aliphatic rings. The lowest BCUT2D eigenvalue weighted by atomic mass is 10.0. The lowest BCUT2D eigenvalue weighted by Gasteiger charge is -2.11. The van der Waals surface area contributed by atoms with Crippen LogP contribution in [0.1, 0.15) is 11.1 Å². The maximum absolute atomic E-state index is 12.6. The molecule has 0 saturated carbocycles. The van der Waals surface area contributed by atoms with Gasteiger partial charge in [0.25, 0.3) is 0 Å². The van der Waals surface area contributed by atoms with E-state index in [1.54, 1.807) is 30.9 Å². The molecule has 2 nitrogen and oxygen atoms in total. The van der Waals surface area contributed by atoms with Crippen molar-refractivity contribution in [1.82, 2.24) is 9.78 Å². The molecule has 0 N–H and O–H groups in total. The van der Waals surface area contributed by atoms with Gasteiger partial charge < -0.3 is 0 Å². The predicted molar refractivity (Wildman–Crippen MR) is 58.4 cm³/mol. The summed E-state index contributed by atoms with van der Waals surface area (Å²) in [5, 5.41) is 3.96. The average molecular weight is 240 g/mol. The van der Waals surface area contributed by atoms with Crippen LogP contribution in [0, 0.1) is 6.92 Å². The molecule has 0 amide bonds. The van der Waals surface area contributed by atoms with Gasteiger partial charge in [0.15, 0.2) is 0 Å². The SMILES string of the molecule is Cc1ccc(C(F)(F)F)cc1-c1ccnn1C. The molecular weight excluding hydrogens is 229 g/mol. The maximum atomic E-state index is 12.6. The van der Waals surface area contributed by atoms with E-state index in [9.17, 15) is 13.2 Å². The van der Waals surface area contributed by atoms with Crippen LogP contribution in [0.5, 0.6) is 0 Å². The highest BCUT2D eigenvalue weighted by Crippen LogP contribution is 2.33. The van der Waals surface area contributed by atoms with Gasteiger partial charge in [0, 0.05) is 18.8 Å². The predicted octanol–water partition coefficient (Wildman–Crippen LogP) is 3.41. The summed E-state index contributed by atoms with van der Waals surface area (Å²) in [6.07, 6.45) is -2.75. The molecule has 1 aromatic carbocycles. The van der Waals surface area contributed by atoms with Gasteiger partial charge in [-0.2, -0.15) is 18.3 Å². The normalized spacial score (nSPS) is 11.8. The minimum atomic E-state index is -4.32. The Bertz CT molecular complexity index is 541. The smallest absolute Gasteiger partial charge is 0.268 e. The molecule has 0 aliphatic carbocycles. The van der Waals surface area contributed by atoms with Gasteiger partial charge in [0.2, 0.25) is 0 Å². The summed E-state index contributed by atoms with van der Waals surface area (Å²) in [6.45, 7) is 1.78. The van der Waals surface area contributed by atoms with Gasteiger partial charge in [-0.05, 0) is 30.7 Å². The number of aryl methyl sites for hydroxylation is 2. The Balaban J connectivity index is 2.58. The number of nitrogens with zero attached hydrogens (tertiary/aromatic N) is 2. The summed E-state index contributed by atoms with van der Waals surface area (Å²) in [5.74, 6) is 0. The summed E-state index contributed by atoms with van der Waals surface area (Å²) >= 11 is 0. The van der Waals surface area contributed by atoms with Crippen LogP contribution >= 0.6 is 0 Å². The standard InChI is InChI=1S/C12H11F3N2/c1-8-3-4-9(12(13,14)15)7-10(8)11-5-6-16-17(11)2/h3-7H,1-2H3. The Kier molecular flexibility index (Phi) is 2.69. The van der Waals surface area contributed by atoms with Crippen molar-refractivity contribution < 1.29 is 13.2 Å². The minimum Gasteiger partial charge on any atom is -0.268 e. The van der Waals surface area contributed by atoms with Crippen LogP contribution in [0.25, 0.3) is 11.3 Å². The van der Waals surface area contributed by atoms with E-state index in [1.807, 2.05) is 0 Å². The topological polar surface area (TPSA) is 17.8 Å². The van der Waals surface area contributed by atoms with Crippen LogP contribution in [0.15, 0.2) is 30.5 Å². The van der Waals surface area contributed by atoms with Crippen molar-refractivity contribution in [2.45, 2.75) is 13.1 Å². The third-order valence-corrected chi connectivity index (χ3v) is 2.66. The maximum Gasteiger partial charge on any atom is 0.416 e. The van der Waals surface area contributed by atoms with Gasteiger partial charge in [-0.1, -0.05) is 6.07 Å². The third kappa shape index (κ3) is 2.18. The van der Waals surface area contributed by atoms with Crippen molar-refractivity contribution in [3.8, 4) is 11.3 Å². The summed E-state index contributed by atoms with van der Waals surface area (Å²) in [5.41, 5.74) is 1.38. The first-order chi connectivity index (χ1) is 7.89. The fraction of sp³-hybridized carbons (Fsp3) is 0.250. The van der Waals surface area contributed by atoms with E-state index < -0.39 is 11.7 Å². The monoisotopic (exact) mass is 240 g/mol. The lowest BCUT2D eigenvalue weighted by Crippen LogP contribution is -2.06. The summed E-state index contributed by atoms with van der Waals surface area (Å²) in [7, 11) is 1.70. The second-order valence-corrected chi connectivity index (χ2v) is 3.87. The number of hydrogen-bond acceptors (Lipinski definition) is 1. The number of alkyl halides is 3. The lowest BCUT2D eigenvalue weighted by molar-refractivity contribution is -0.137. The van der Waals surface area contributed by atoms with Crippen molar-refractivity contribution in [2.24, 2.45) is 7.05 Å². The highest BCUT2D eigenvalue weighted by molar-refractivity contribution is 5.64. The summed E-state index contributed by atoms with van der Waals surface area (Å²) in [6, 6.07) is 5.43. The molecule has 0 fully saturated rings. The Hall–Kier alpha value is -1.78. The zero-order chi connectivity index (χ0) is 12.6. The van der Waals surface area contributed by atoms with Gasteiger partial charge in [0.05, 0.1) is 11.3 Å². The number of aromatic nitrogens is 2. The summed E-state index contributed by atoms with van der Waals surface area (Å²) in [4.78, 5) is 0. The van der Waals surface area contributed by atoms with Crippen LogP contribution in [-0.2, 0) is 13.2 Å². The first-order valence-electron chi connectivity index (χ1n) is 5.06. The summed E-state index contributed by atoms with van der Waals surface area (Å²) < 4.78 is 39.4. The molecule has 0 aliphatic heterocycles. The number of benzene rings is 1. The van der Waals surface area contributed by atoms with E-state index in [2.05, 4.69) is 5.10 Å². The minimum absolute atomic E-state index is 0.555. The van der Waals surface area contributed by atoms with E-state index >= 15 is 0 Å². The first-order valence-corrected chi connectivity index (χ1v) is 5.06. The molecular formula is C12H11F3N2. The number of hydrogen-bond donors (Lipinski definition) is 0. The van der Waals surface area contributed by atoms with Crippen molar-refractivity contribution in [1.29, 1.82) is 0 Å². The fourth-order valence-electron chi connectivity index (χ4n) is 1.71. The van der Waals surface area contributed by atoms with Crippen LogP contribution in [0.2, 0.25) is 0 Å². The highest BCUT2D eigenvalue weighted by Gasteiger charge is 2.31. The molecule has 17 heavy (non-hydrogen) atoms. The van der Waals surface area contributed by atoms with E-state index in [0.717, 1.165) is 17.7 Å². The highest BCUT2D eigenvalue weighted by atomic mass is 19.4. The van der Waals surface area contributed by atoms with Crippen molar-refractivity contribution >= 4 is 0 Å². The van der Waals surface area contributed by atoms with Crippen molar-refractivity contribution in [3.05, 3.63) is 41.6 Å². The van der Waals surface area contributed by atoms with Gasteiger partial charge in [0.1, 0.15) is 0 Å². The van der Waals surface area contributed by atoms with Crippen LogP contribution in [0.3, 0.4) is 0 Å². The van der Waals surface area contributed by atoms with Gasteiger partial charge in [-0.15, -0.1) is 0 Å². The fourth-order valence-corrected chi connectivity index (χ4v) is 1.71. The van der Waals surface area contributed by atoms with Crippen molar-refractivity contribution in [2.75, 3.05) is 0 Å². The van der Waals surface area contributed by atoms with E-state index in [-0.39, 0.29) is 0 Å². The molecule has 0 bridgehead atoms. The number of halogens is 3. The van der Waals surface area contributed by atoms with Gasteiger partial charge >= 0.3 is 6.18 Å². The molecule has 0 unspecified atom stereocenters. The second-order valence-electron chi connectivity index (χ2n) is 3.87. The Morgan fingerprint density at radius 2 is 1.88 bits per heavy atom. The Morgan fingerprint density at radius 1 is 1.18 bits per heavy atom. The van der Waals surface area contributed by atoms with E-state index in [0.29, 0.717) is 11.3 Å². The van der Waals surface area contributed by atoms with E-state index in [1.165, 1.54) is 6.07 Å². The molecule has 2 rings (SSSR count). The molecule has 2 aromatic rings. The number of rotatable bonds is 1. The molecule has 90 valence electrons. The second kappa shape index (κ2) is 3.91.